The van der Waals surface area contributed by atoms with Gasteiger partial charge in [0.2, 0.25) is 10.0 Å². The van der Waals surface area contributed by atoms with Gasteiger partial charge < -0.3 is 4.90 Å². The molecule has 0 aromatic heterocycles. The molecule has 1 aromatic carbocycles. The van der Waals surface area contributed by atoms with E-state index in [2.05, 4.69) is 0 Å². The summed E-state index contributed by atoms with van der Waals surface area (Å²) in [4.78, 5) is 14.6. The molecular weight excluding hydrogens is 348 g/mol. The maximum absolute atomic E-state index is 12.8. The highest BCUT2D eigenvalue weighted by Crippen LogP contribution is 2.24. The first-order valence-corrected chi connectivity index (χ1v) is 10.2. The lowest BCUT2D eigenvalue weighted by Gasteiger charge is -2.23. The van der Waals surface area contributed by atoms with Gasteiger partial charge in [0.15, 0.2) is 0 Å². The van der Waals surface area contributed by atoms with Crippen molar-refractivity contribution in [2.24, 2.45) is 0 Å². The van der Waals surface area contributed by atoms with E-state index in [-0.39, 0.29) is 21.4 Å². The Balaban J connectivity index is 3.29. The van der Waals surface area contributed by atoms with E-state index in [1.165, 1.54) is 22.5 Å². The summed E-state index contributed by atoms with van der Waals surface area (Å²) >= 11 is 6.18. The van der Waals surface area contributed by atoms with E-state index in [0.29, 0.717) is 26.2 Å². The average Bonchev–Trinajstić information content (AvgIpc) is 2.55. The van der Waals surface area contributed by atoms with Gasteiger partial charge in [-0.25, -0.2) is 8.42 Å². The summed E-state index contributed by atoms with van der Waals surface area (Å²) in [5, 5.41) is 0.274. The number of benzene rings is 1. The fourth-order valence-corrected chi connectivity index (χ4v) is 4.25. The van der Waals surface area contributed by atoms with Crippen LogP contribution < -0.4 is 0 Å². The van der Waals surface area contributed by atoms with Crippen LogP contribution >= 0.6 is 11.6 Å². The quantitative estimate of drug-likeness (QED) is 0.663. The molecule has 1 rings (SSSR count). The SMILES string of the molecule is CCCN(CCC)C(=O)c1cc(S(=O)(=O)N(CC)CC)ccc1Cl. The first kappa shape index (κ1) is 20.9. The number of carbonyl (C=O) groups is 1. The molecule has 0 radical (unpaired) electrons. The second-order valence-corrected chi connectivity index (χ2v) is 7.87. The van der Waals surface area contributed by atoms with Crippen molar-refractivity contribution in [3.05, 3.63) is 28.8 Å². The van der Waals surface area contributed by atoms with Crippen molar-refractivity contribution >= 4 is 27.5 Å². The molecule has 0 aliphatic carbocycles. The van der Waals surface area contributed by atoms with Crippen LogP contribution in [0.5, 0.6) is 0 Å². The van der Waals surface area contributed by atoms with Gasteiger partial charge in [0.25, 0.3) is 5.91 Å². The second kappa shape index (κ2) is 9.39. The Hall–Kier alpha value is -1.11. The van der Waals surface area contributed by atoms with E-state index >= 15 is 0 Å². The molecule has 1 aromatic rings. The van der Waals surface area contributed by atoms with Gasteiger partial charge in [-0.2, -0.15) is 4.31 Å². The zero-order chi connectivity index (χ0) is 18.3. The molecule has 0 heterocycles. The highest BCUT2D eigenvalue weighted by Gasteiger charge is 2.25. The zero-order valence-electron chi connectivity index (χ0n) is 14.9. The van der Waals surface area contributed by atoms with Crippen molar-refractivity contribution < 1.29 is 13.2 Å². The van der Waals surface area contributed by atoms with Crippen LogP contribution in [-0.4, -0.2) is 49.7 Å². The van der Waals surface area contributed by atoms with Crippen molar-refractivity contribution in [1.82, 2.24) is 9.21 Å². The van der Waals surface area contributed by atoms with Crippen molar-refractivity contribution in [1.29, 1.82) is 0 Å². The fraction of sp³-hybridized carbons (Fsp3) is 0.588. The lowest BCUT2D eigenvalue weighted by atomic mass is 10.2. The molecule has 0 bridgehead atoms. The zero-order valence-corrected chi connectivity index (χ0v) is 16.5. The summed E-state index contributed by atoms with van der Waals surface area (Å²) in [7, 11) is -3.62. The van der Waals surface area contributed by atoms with Crippen LogP contribution in [-0.2, 0) is 10.0 Å². The molecule has 24 heavy (non-hydrogen) atoms. The molecule has 0 saturated carbocycles. The molecule has 0 spiro atoms. The number of nitrogens with zero attached hydrogens (tertiary/aromatic N) is 2. The topological polar surface area (TPSA) is 57.7 Å². The van der Waals surface area contributed by atoms with Crippen molar-refractivity contribution in [2.75, 3.05) is 26.2 Å². The standard InChI is InChI=1S/C17H27ClN2O3S/c1-5-11-19(12-6-2)17(21)15-13-14(9-10-16(15)18)24(22,23)20(7-3)8-4/h9-10,13H,5-8,11-12H2,1-4H3. The van der Waals surface area contributed by atoms with Crippen molar-refractivity contribution in [3.8, 4) is 0 Å². The van der Waals surface area contributed by atoms with Crippen LogP contribution in [0.3, 0.4) is 0 Å². The molecule has 0 N–H and O–H groups in total. The number of hydrogen-bond donors (Lipinski definition) is 0. The molecule has 0 fully saturated rings. The molecular formula is C17H27ClN2O3S. The maximum Gasteiger partial charge on any atom is 0.255 e. The van der Waals surface area contributed by atoms with E-state index in [0.717, 1.165) is 12.8 Å². The Bertz CT molecular complexity index is 652. The molecule has 7 heteroatoms. The lowest BCUT2D eigenvalue weighted by molar-refractivity contribution is 0.0755. The van der Waals surface area contributed by atoms with Gasteiger partial charge in [-0.05, 0) is 31.0 Å². The number of halogens is 1. The molecule has 1 amide bonds. The number of amides is 1. The summed E-state index contributed by atoms with van der Waals surface area (Å²) in [5.74, 6) is -0.222. The summed E-state index contributed by atoms with van der Waals surface area (Å²) in [5.41, 5.74) is 0.242. The summed E-state index contributed by atoms with van der Waals surface area (Å²) in [6, 6.07) is 4.34. The summed E-state index contributed by atoms with van der Waals surface area (Å²) in [6.45, 7) is 9.56. The number of hydrogen-bond acceptors (Lipinski definition) is 3. The monoisotopic (exact) mass is 374 g/mol. The predicted octanol–water partition coefficient (Wildman–Crippen LogP) is 3.63. The number of carbonyl (C=O) groups excluding carboxylic acids is 1. The summed E-state index contributed by atoms with van der Waals surface area (Å²) in [6.07, 6.45) is 1.67. The van der Waals surface area contributed by atoms with E-state index in [4.69, 9.17) is 11.6 Å². The van der Waals surface area contributed by atoms with E-state index in [1.54, 1.807) is 18.7 Å². The van der Waals surface area contributed by atoms with Gasteiger partial charge in [-0.1, -0.05) is 39.3 Å². The number of rotatable bonds is 9. The first-order valence-electron chi connectivity index (χ1n) is 8.42. The smallest absolute Gasteiger partial charge is 0.255 e. The summed E-state index contributed by atoms with van der Waals surface area (Å²) < 4.78 is 26.7. The van der Waals surface area contributed by atoms with E-state index in [9.17, 15) is 13.2 Å². The molecule has 0 atom stereocenters. The van der Waals surface area contributed by atoms with Gasteiger partial charge in [0.1, 0.15) is 0 Å². The molecule has 136 valence electrons. The maximum atomic E-state index is 12.8. The van der Waals surface area contributed by atoms with Crippen LogP contribution in [0.25, 0.3) is 0 Å². The minimum Gasteiger partial charge on any atom is -0.339 e. The van der Waals surface area contributed by atoms with Crippen molar-refractivity contribution in [2.45, 2.75) is 45.4 Å². The third kappa shape index (κ3) is 4.71. The molecule has 0 aliphatic rings. The Labute approximate surface area is 150 Å². The predicted molar refractivity (Wildman–Crippen MR) is 98.0 cm³/mol. The third-order valence-electron chi connectivity index (χ3n) is 3.79. The van der Waals surface area contributed by atoms with Gasteiger partial charge in [-0.3, -0.25) is 4.79 Å². The fourth-order valence-electron chi connectivity index (χ4n) is 2.57. The van der Waals surface area contributed by atoms with Gasteiger partial charge in [0, 0.05) is 26.2 Å². The van der Waals surface area contributed by atoms with E-state index < -0.39 is 10.0 Å². The Morgan fingerprint density at radius 3 is 2.04 bits per heavy atom. The highest BCUT2D eigenvalue weighted by atomic mass is 35.5. The van der Waals surface area contributed by atoms with Crippen LogP contribution in [0, 0.1) is 0 Å². The molecule has 0 saturated heterocycles. The van der Waals surface area contributed by atoms with Gasteiger partial charge in [0.05, 0.1) is 15.5 Å². The Morgan fingerprint density at radius 1 is 1.04 bits per heavy atom. The van der Waals surface area contributed by atoms with Crippen LogP contribution in [0.15, 0.2) is 23.1 Å². The molecule has 5 nitrogen and oxygen atoms in total. The van der Waals surface area contributed by atoms with Crippen LogP contribution in [0.2, 0.25) is 5.02 Å². The van der Waals surface area contributed by atoms with Gasteiger partial charge >= 0.3 is 0 Å². The molecule has 0 unspecified atom stereocenters. The Morgan fingerprint density at radius 2 is 1.58 bits per heavy atom. The molecule has 0 aliphatic heterocycles. The Kier molecular flexibility index (Phi) is 8.19. The third-order valence-corrected chi connectivity index (χ3v) is 6.16. The van der Waals surface area contributed by atoms with Crippen molar-refractivity contribution in [3.63, 3.8) is 0 Å². The highest BCUT2D eigenvalue weighted by molar-refractivity contribution is 7.89. The van der Waals surface area contributed by atoms with Gasteiger partial charge in [-0.15, -0.1) is 0 Å². The normalized spacial score (nSPS) is 11.8. The number of sulfonamides is 1. The first-order chi connectivity index (χ1) is 11.3. The van der Waals surface area contributed by atoms with Crippen LogP contribution in [0.4, 0.5) is 0 Å². The van der Waals surface area contributed by atoms with Crippen LogP contribution in [0.1, 0.15) is 50.9 Å². The average molecular weight is 375 g/mol. The minimum absolute atomic E-state index is 0.104. The minimum atomic E-state index is -3.62. The second-order valence-electron chi connectivity index (χ2n) is 5.52. The van der Waals surface area contributed by atoms with E-state index in [1.807, 2.05) is 13.8 Å². The largest absolute Gasteiger partial charge is 0.339 e. The lowest BCUT2D eigenvalue weighted by Crippen LogP contribution is -2.33.